The fraction of sp³-hybridized carbons (Fsp3) is 0.182. The molecule has 0 unspecified atom stereocenters. The Balaban J connectivity index is 2.32. The molecule has 0 aliphatic rings. The van der Waals surface area contributed by atoms with E-state index in [2.05, 4.69) is 4.98 Å². The van der Waals surface area contributed by atoms with Gasteiger partial charge >= 0.3 is 0 Å². The Kier molecular flexibility index (Phi) is 1.76. The van der Waals surface area contributed by atoms with Gasteiger partial charge in [0, 0.05) is 7.11 Å². The molecule has 2 heterocycles. The van der Waals surface area contributed by atoms with E-state index < -0.39 is 0 Å². The highest BCUT2D eigenvalue weighted by Gasteiger charge is 2.10. The molecule has 0 fully saturated rings. The predicted octanol–water partition coefficient (Wildman–Crippen LogP) is 2.72. The van der Waals surface area contributed by atoms with Crippen molar-refractivity contribution in [1.82, 2.24) is 4.98 Å². The summed E-state index contributed by atoms with van der Waals surface area (Å²) in [5.41, 5.74) is 2.40. The van der Waals surface area contributed by atoms with Gasteiger partial charge in [0.05, 0.1) is 11.6 Å². The van der Waals surface area contributed by atoms with Crippen molar-refractivity contribution in [3.63, 3.8) is 0 Å². The van der Waals surface area contributed by atoms with Crippen molar-refractivity contribution in [2.24, 2.45) is 0 Å². The summed E-state index contributed by atoms with van der Waals surface area (Å²) in [5, 5.41) is 0.947. The summed E-state index contributed by atoms with van der Waals surface area (Å²) in [5.74, 6) is 0.584. The third kappa shape index (κ3) is 1.22. The van der Waals surface area contributed by atoms with E-state index in [1.807, 2.05) is 18.2 Å². The summed E-state index contributed by atoms with van der Waals surface area (Å²) < 4.78 is 15.8. The predicted molar refractivity (Wildman–Crippen MR) is 54.5 cm³/mol. The van der Waals surface area contributed by atoms with E-state index in [0.717, 1.165) is 22.1 Å². The molecule has 0 bridgehead atoms. The second-order valence-electron chi connectivity index (χ2n) is 3.29. The largest absolute Gasteiger partial charge is 0.464 e. The lowest BCUT2D eigenvalue weighted by Crippen LogP contribution is -1.85. The molecule has 1 aromatic carbocycles. The zero-order valence-corrected chi connectivity index (χ0v) is 8.19. The molecule has 0 atom stereocenters. The molecule has 0 saturated carbocycles. The molecule has 0 aliphatic carbocycles. The van der Waals surface area contributed by atoms with Crippen LogP contribution < -0.4 is 0 Å². The van der Waals surface area contributed by atoms with Crippen LogP contribution >= 0.6 is 0 Å². The monoisotopic (exact) mass is 203 g/mol. The van der Waals surface area contributed by atoms with Crippen LogP contribution in [0.3, 0.4) is 0 Å². The normalized spacial score (nSPS) is 11.5. The molecular weight excluding hydrogens is 194 g/mol. The average Bonchev–Trinajstić information content (AvgIpc) is 2.80. The number of rotatable bonds is 2. The third-order valence-corrected chi connectivity index (χ3v) is 2.30. The van der Waals surface area contributed by atoms with Gasteiger partial charge in [0.25, 0.3) is 0 Å². The van der Waals surface area contributed by atoms with E-state index in [0.29, 0.717) is 12.5 Å². The Morgan fingerprint density at radius 1 is 1.33 bits per heavy atom. The molecule has 2 aromatic heterocycles. The Bertz CT molecular complexity index is 608. The number of benzene rings is 1. The lowest BCUT2D eigenvalue weighted by Gasteiger charge is -1.89. The second kappa shape index (κ2) is 3.10. The van der Waals surface area contributed by atoms with Crippen molar-refractivity contribution in [1.29, 1.82) is 0 Å². The van der Waals surface area contributed by atoms with Gasteiger partial charge in [-0.15, -0.1) is 0 Å². The zero-order chi connectivity index (χ0) is 10.3. The number of ether oxygens (including phenoxy) is 1. The van der Waals surface area contributed by atoms with Gasteiger partial charge in [0.15, 0.2) is 5.58 Å². The molecule has 15 heavy (non-hydrogen) atoms. The van der Waals surface area contributed by atoms with Crippen molar-refractivity contribution >= 4 is 22.1 Å². The number of oxazole rings is 1. The van der Waals surface area contributed by atoms with Crippen molar-refractivity contribution in [3.8, 4) is 0 Å². The molecule has 3 aromatic rings. The first kappa shape index (κ1) is 8.49. The molecule has 3 rings (SSSR count). The number of fused-ring (bicyclic) bond motifs is 3. The summed E-state index contributed by atoms with van der Waals surface area (Å²) in [6, 6.07) is 5.64. The van der Waals surface area contributed by atoms with Crippen LogP contribution in [-0.2, 0) is 11.3 Å². The topological polar surface area (TPSA) is 48.4 Å². The number of hydrogen-bond acceptors (Lipinski definition) is 4. The van der Waals surface area contributed by atoms with Gasteiger partial charge in [-0.3, -0.25) is 0 Å². The molecule has 0 spiro atoms. The highest BCUT2D eigenvalue weighted by atomic mass is 16.5. The quantitative estimate of drug-likeness (QED) is 0.642. The smallest absolute Gasteiger partial charge is 0.221 e. The Morgan fingerprint density at radius 3 is 3.13 bits per heavy atom. The summed E-state index contributed by atoms with van der Waals surface area (Å²) in [6.45, 7) is 0.383. The molecule has 0 N–H and O–H groups in total. The molecule has 0 amide bonds. The van der Waals surface area contributed by atoms with E-state index >= 15 is 0 Å². The fourth-order valence-electron chi connectivity index (χ4n) is 1.66. The molecule has 4 heteroatoms. The Labute approximate surface area is 85.4 Å². The number of nitrogens with zero attached hydrogens (tertiary/aromatic N) is 1. The van der Waals surface area contributed by atoms with Crippen LogP contribution in [0.25, 0.3) is 22.1 Å². The van der Waals surface area contributed by atoms with Gasteiger partial charge in [-0.1, -0.05) is 0 Å². The minimum atomic E-state index is 0.383. The van der Waals surface area contributed by atoms with Crippen LogP contribution in [0.1, 0.15) is 5.89 Å². The van der Waals surface area contributed by atoms with Crippen LogP contribution in [0.2, 0.25) is 0 Å². The van der Waals surface area contributed by atoms with Crippen LogP contribution in [0.4, 0.5) is 0 Å². The molecule has 4 nitrogen and oxygen atoms in total. The van der Waals surface area contributed by atoms with Gasteiger partial charge in [0.2, 0.25) is 5.89 Å². The molecule has 76 valence electrons. The molecular formula is C11H9NO3. The van der Waals surface area contributed by atoms with Crippen LogP contribution in [0.5, 0.6) is 0 Å². The minimum Gasteiger partial charge on any atom is -0.464 e. The van der Waals surface area contributed by atoms with E-state index in [-0.39, 0.29) is 0 Å². The lowest BCUT2D eigenvalue weighted by molar-refractivity contribution is 0.161. The minimum absolute atomic E-state index is 0.383. The maximum absolute atomic E-state index is 5.58. The van der Waals surface area contributed by atoms with E-state index in [4.69, 9.17) is 13.6 Å². The summed E-state index contributed by atoms with van der Waals surface area (Å²) in [6.07, 6.45) is 1.64. The van der Waals surface area contributed by atoms with E-state index in [1.54, 1.807) is 13.4 Å². The standard InChI is InChI=1S/C11H9NO3/c1-13-6-10-12-8-2-3-9-7(4-5-14-9)11(8)15-10/h2-5H,6H2,1H3. The molecule has 0 radical (unpaired) electrons. The highest BCUT2D eigenvalue weighted by molar-refractivity contribution is 6.00. The van der Waals surface area contributed by atoms with Gasteiger partial charge in [-0.25, -0.2) is 4.98 Å². The van der Waals surface area contributed by atoms with Crippen molar-refractivity contribution in [2.45, 2.75) is 6.61 Å². The third-order valence-electron chi connectivity index (χ3n) is 2.30. The number of aromatic nitrogens is 1. The number of hydrogen-bond donors (Lipinski definition) is 0. The van der Waals surface area contributed by atoms with Gasteiger partial charge in [-0.2, -0.15) is 0 Å². The zero-order valence-electron chi connectivity index (χ0n) is 8.19. The van der Waals surface area contributed by atoms with Crippen molar-refractivity contribution in [2.75, 3.05) is 7.11 Å². The summed E-state index contributed by atoms with van der Waals surface area (Å²) in [4.78, 5) is 4.30. The van der Waals surface area contributed by atoms with Gasteiger partial charge in [0.1, 0.15) is 17.7 Å². The maximum Gasteiger partial charge on any atom is 0.221 e. The average molecular weight is 203 g/mol. The van der Waals surface area contributed by atoms with Crippen LogP contribution in [0.15, 0.2) is 33.3 Å². The first-order valence-corrected chi connectivity index (χ1v) is 4.63. The Hall–Kier alpha value is -1.81. The molecule has 0 aliphatic heterocycles. The van der Waals surface area contributed by atoms with Crippen LogP contribution in [0, 0.1) is 0 Å². The van der Waals surface area contributed by atoms with E-state index in [1.165, 1.54) is 0 Å². The first-order chi connectivity index (χ1) is 7.38. The van der Waals surface area contributed by atoms with Crippen molar-refractivity contribution in [3.05, 3.63) is 30.4 Å². The maximum atomic E-state index is 5.58. The number of methoxy groups -OCH3 is 1. The van der Waals surface area contributed by atoms with Crippen molar-refractivity contribution < 1.29 is 13.6 Å². The lowest BCUT2D eigenvalue weighted by atomic mass is 10.2. The van der Waals surface area contributed by atoms with E-state index in [9.17, 15) is 0 Å². The van der Waals surface area contributed by atoms with Gasteiger partial charge in [-0.05, 0) is 18.2 Å². The first-order valence-electron chi connectivity index (χ1n) is 4.63. The molecule has 0 saturated heterocycles. The second-order valence-corrected chi connectivity index (χ2v) is 3.29. The highest BCUT2D eigenvalue weighted by Crippen LogP contribution is 2.26. The summed E-state index contributed by atoms with van der Waals surface area (Å²) >= 11 is 0. The van der Waals surface area contributed by atoms with Crippen LogP contribution in [-0.4, -0.2) is 12.1 Å². The van der Waals surface area contributed by atoms with Gasteiger partial charge < -0.3 is 13.6 Å². The fourth-order valence-corrected chi connectivity index (χ4v) is 1.66. The summed E-state index contributed by atoms with van der Waals surface area (Å²) in [7, 11) is 1.61. The Morgan fingerprint density at radius 2 is 2.27 bits per heavy atom. The SMILES string of the molecule is COCc1nc2ccc3occc3c2o1. The number of furan rings is 1.